The van der Waals surface area contributed by atoms with Gasteiger partial charge in [-0.1, -0.05) is 24.3 Å². The van der Waals surface area contributed by atoms with Crippen LogP contribution in [0, 0.1) is 11.3 Å². The third kappa shape index (κ3) is 2.18. The number of aromatic hydroxyl groups is 1. The first-order chi connectivity index (χ1) is 8.22. The quantitative estimate of drug-likeness (QED) is 0.798. The summed E-state index contributed by atoms with van der Waals surface area (Å²) >= 11 is 0. The Bertz CT molecular complexity index is 614. The number of rotatable bonds is 2. The third-order valence-corrected chi connectivity index (χ3v) is 2.35. The second-order valence-corrected chi connectivity index (χ2v) is 3.45. The molecule has 0 radical (unpaired) electrons. The Labute approximate surface area is 97.7 Å². The Hall–Kier alpha value is -2.54. The van der Waals surface area contributed by atoms with E-state index in [-0.39, 0.29) is 17.9 Å². The molecule has 2 aromatic carbocycles. The topological polar surface area (TPSA) is 70.3 Å². The highest BCUT2D eigenvalue weighted by atomic mass is 16.5. The van der Waals surface area contributed by atoms with Crippen molar-refractivity contribution in [1.29, 1.82) is 5.26 Å². The molecule has 4 heteroatoms. The Morgan fingerprint density at radius 2 is 1.94 bits per heavy atom. The highest BCUT2D eigenvalue weighted by Crippen LogP contribution is 2.25. The zero-order chi connectivity index (χ0) is 12.3. The highest BCUT2D eigenvalue weighted by molar-refractivity contribution is 5.98. The number of hydrogen-bond donors (Lipinski definition) is 1. The van der Waals surface area contributed by atoms with Crippen LogP contribution in [-0.2, 0) is 4.74 Å². The molecule has 0 aliphatic carbocycles. The van der Waals surface area contributed by atoms with Gasteiger partial charge in [0, 0.05) is 0 Å². The number of carbonyl (C=O) groups excluding carboxylic acids is 1. The SMILES string of the molecule is N#CCOC(=O)c1cc2ccccc2cc1O. The van der Waals surface area contributed by atoms with E-state index in [2.05, 4.69) is 4.74 Å². The van der Waals surface area contributed by atoms with Gasteiger partial charge in [-0.05, 0) is 22.9 Å². The maximum absolute atomic E-state index is 11.5. The number of nitrogens with zero attached hydrogens (tertiary/aromatic N) is 1. The van der Waals surface area contributed by atoms with Crippen molar-refractivity contribution in [2.24, 2.45) is 0 Å². The van der Waals surface area contributed by atoms with Gasteiger partial charge in [0.15, 0.2) is 6.61 Å². The number of ether oxygens (including phenoxy) is 1. The summed E-state index contributed by atoms with van der Waals surface area (Å²) in [5.41, 5.74) is 0.0685. The number of carbonyl (C=O) groups is 1. The molecule has 0 spiro atoms. The van der Waals surface area contributed by atoms with Gasteiger partial charge < -0.3 is 9.84 Å². The molecule has 4 nitrogen and oxygen atoms in total. The zero-order valence-corrected chi connectivity index (χ0v) is 8.88. The van der Waals surface area contributed by atoms with Crippen molar-refractivity contribution in [3.8, 4) is 11.8 Å². The van der Waals surface area contributed by atoms with Crippen molar-refractivity contribution in [1.82, 2.24) is 0 Å². The number of hydrogen-bond acceptors (Lipinski definition) is 4. The molecule has 0 fully saturated rings. The fourth-order valence-corrected chi connectivity index (χ4v) is 1.57. The molecule has 2 rings (SSSR count). The molecule has 0 heterocycles. The van der Waals surface area contributed by atoms with Gasteiger partial charge in [0.25, 0.3) is 0 Å². The summed E-state index contributed by atoms with van der Waals surface area (Å²) in [6.07, 6.45) is 0. The van der Waals surface area contributed by atoms with Gasteiger partial charge in [0.2, 0.25) is 0 Å². The van der Waals surface area contributed by atoms with Crippen LogP contribution >= 0.6 is 0 Å². The smallest absolute Gasteiger partial charge is 0.342 e. The molecule has 17 heavy (non-hydrogen) atoms. The summed E-state index contributed by atoms with van der Waals surface area (Å²) in [5.74, 6) is -0.846. The monoisotopic (exact) mass is 227 g/mol. The molecule has 0 bridgehead atoms. The van der Waals surface area contributed by atoms with E-state index in [0.29, 0.717) is 0 Å². The number of nitriles is 1. The molecule has 0 saturated heterocycles. The molecule has 0 saturated carbocycles. The van der Waals surface area contributed by atoms with Crippen molar-refractivity contribution < 1.29 is 14.6 Å². The first-order valence-electron chi connectivity index (χ1n) is 4.98. The zero-order valence-electron chi connectivity index (χ0n) is 8.88. The van der Waals surface area contributed by atoms with Crippen LogP contribution in [-0.4, -0.2) is 17.7 Å². The largest absolute Gasteiger partial charge is 0.507 e. The summed E-state index contributed by atoms with van der Waals surface area (Å²) in [5, 5.41) is 19.7. The number of esters is 1. The molecular weight excluding hydrogens is 218 g/mol. The van der Waals surface area contributed by atoms with Crippen LogP contribution in [0.1, 0.15) is 10.4 Å². The van der Waals surface area contributed by atoms with E-state index >= 15 is 0 Å². The van der Waals surface area contributed by atoms with Crippen LogP contribution in [0.4, 0.5) is 0 Å². The van der Waals surface area contributed by atoms with Crippen LogP contribution in [0.5, 0.6) is 5.75 Å². The summed E-state index contributed by atoms with van der Waals surface area (Å²) in [6.45, 7) is -0.328. The Kier molecular flexibility index (Phi) is 2.93. The van der Waals surface area contributed by atoms with Crippen molar-refractivity contribution in [2.45, 2.75) is 0 Å². The minimum Gasteiger partial charge on any atom is -0.507 e. The fourth-order valence-electron chi connectivity index (χ4n) is 1.57. The highest BCUT2D eigenvalue weighted by Gasteiger charge is 2.13. The maximum Gasteiger partial charge on any atom is 0.342 e. The molecule has 1 N–H and O–H groups in total. The molecule has 2 aromatic rings. The molecule has 0 aliphatic heterocycles. The molecule has 0 aliphatic rings. The van der Waals surface area contributed by atoms with Gasteiger partial charge in [-0.25, -0.2) is 4.79 Å². The number of phenols is 1. The van der Waals surface area contributed by atoms with Crippen molar-refractivity contribution in [2.75, 3.05) is 6.61 Å². The van der Waals surface area contributed by atoms with Crippen LogP contribution in [0.3, 0.4) is 0 Å². The number of phenolic OH excluding ortho intramolecular Hbond substituents is 1. The first kappa shape index (κ1) is 11.0. The van der Waals surface area contributed by atoms with E-state index in [1.807, 2.05) is 24.3 Å². The lowest BCUT2D eigenvalue weighted by Crippen LogP contribution is -2.05. The van der Waals surface area contributed by atoms with Crippen LogP contribution in [0.2, 0.25) is 0 Å². The Morgan fingerprint density at radius 3 is 2.59 bits per heavy atom. The van der Waals surface area contributed by atoms with E-state index < -0.39 is 5.97 Å². The second kappa shape index (κ2) is 4.54. The molecule has 84 valence electrons. The van der Waals surface area contributed by atoms with Crippen molar-refractivity contribution >= 4 is 16.7 Å². The fraction of sp³-hybridized carbons (Fsp3) is 0.0769. The predicted octanol–water partition coefficient (Wildman–Crippen LogP) is 2.23. The van der Waals surface area contributed by atoms with Crippen LogP contribution in [0.15, 0.2) is 36.4 Å². The molecular formula is C13H9NO3. The normalized spacial score (nSPS) is 9.82. The van der Waals surface area contributed by atoms with E-state index in [1.165, 1.54) is 6.07 Å². The molecule has 0 aromatic heterocycles. The lowest BCUT2D eigenvalue weighted by Gasteiger charge is -2.05. The first-order valence-corrected chi connectivity index (χ1v) is 4.98. The number of fused-ring (bicyclic) bond motifs is 1. The summed E-state index contributed by atoms with van der Waals surface area (Å²) in [4.78, 5) is 11.5. The van der Waals surface area contributed by atoms with Gasteiger partial charge >= 0.3 is 5.97 Å². The van der Waals surface area contributed by atoms with Gasteiger partial charge in [-0.2, -0.15) is 5.26 Å². The van der Waals surface area contributed by atoms with Crippen LogP contribution in [0.25, 0.3) is 10.8 Å². The second-order valence-electron chi connectivity index (χ2n) is 3.45. The molecule has 0 atom stereocenters. The van der Waals surface area contributed by atoms with Crippen LogP contribution < -0.4 is 0 Å². The minimum atomic E-state index is -0.699. The van der Waals surface area contributed by atoms with Gasteiger partial charge in [-0.3, -0.25) is 0 Å². The lowest BCUT2D eigenvalue weighted by atomic mass is 10.1. The third-order valence-electron chi connectivity index (χ3n) is 2.35. The van der Waals surface area contributed by atoms with Crippen molar-refractivity contribution in [3.63, 3.8) is 0 Å². The molecule has 0 unspecified atom stereocenters. The summed E-state index contributed by atoms with van der Waals surface area (Å²) in [7, 11) is 0. The van der Waals surface area contributed by atoms with E-state index in [4.69, 9.17) is 5.26 Å². The van der Waals surface area contributed by atoms with Crippen molar-refractivity contribution in [3.05, 3.63) is 42.0 Å². The Morgan fingerprint density at radius 1 is 1.29 bits per heavy atom. The standard InChI is InChI=1S/C13H9NO3/c14-5-6-17-13(16)11-7-9-3-1-2-4-10(9)8-12(11)15/h1-4,7-8,15H,6H2. The minimum absolute atomic E-state index is 0.0685. The van der Waals surface area contributed by atoms with Gasteiger partial charge in [0.05, 0.1) is 0 Å². The van der Waals surface area contributed by atoms with Gasteiger partial charge in [-0.15, -0.1) is 0 Å². The average Bonchev–Trinajstić information content (AvgIpc) is 2.35. The predicted molar refractivity (Wildman–Crippen MR) is 61.5 cm³/mol. The average molecular weight is 227 g/mol. The maximum atomic E-state index is 11.5. The summed E-state index contributed by atoms with van der Waals surface area (Å²) < 4.78 is 4.65. The Balaban J connectivity index is 2.44. The van der Waals surface area contributed by atoms with E-state index in [0.717, 1.165) is 10.8 Å². The number of benzene rings is 2. The van der Waals surface area contributed by atoms with E-state index in [1.54, 1.807) is 12.1 Å². The van der Waals surface area contributed by atoms with E-state index in [9.17, 15) is 9.90 Å². The summed E-state index contributed by atoms with van der Waals surface area (Å²) in [6, 6.07) is 12.1. The van der Waals surface area contributed by atoms with Gasteiger partial charge in [0.1, 0.15) is 17.4 Å². The molecule has 0 amide bonds. The lowest BCUT2D eigenvalue weighted by molar-refractivity contribution is 0.0552.